The Morgan fingerprint density at radius 1 is 1.29 bits per heavy atom. The fourth-order valence-corrected chi connectivity index (χ4v) is 2.65. The predicted molar refractivity (Wildman–Crippen MR) is 68.8 cm³/mol. The first-order valence-electron chi connectivity index (χ1n) is 5.97. The second-order valence-corrected chi connectivity index (χ2v) is 5.88. The van der Waals surface area contributed by atoms with Gasteiger partial charge in [-0.25, -0.2) is 0 Å². The lowest BCUT2D eigenvalue weighted by molar-refractivity contribution is 0.481. The van der Waals surface area contributed by atoms with Crippen LogP contribution in [0.2, 0.25) is 0 Å². The maximum absolute atomic E-state index is 11.3. The van der Waals surface area contributed by atoms with E-state index < -0.39 is 10.1 Å². The van der Waals surface area contributed by atoms with Crippen LogP contribution in [-0.2, 0) is 23.0 Å². The van der Waals surface area contributed by atoms with E-state index in [1.54, 1.807) is 12.1 Å². The van der Waals surface area contributed by atoms with Crippen molar-refractivity contribution in [3.05, 3.63) is 29.3 Å². The van der Waals surface area contributed by atoms with Crippen molar-refractivity contribution in [3.63, 3.8) is 0 Å². The molecule has 0 amide bonds. The van der Waals surface area contributed by atoms with Crippen LogP contribution in [0.1, 0.15) is 38.3 Å². The highest BCUT2D eigenvalue weighted by molar-refractivity contribution is 7.85. The summed E-state index contributed by atoms with van der Waals surface area (Å²) in [5, 5.41) is 0. The number of rotatable bonds is 5. The summed E-state index contributed by atoms with van der Waals surface area (Å²) in [6.45, 7) is 6.11. The van der Waals surface area contributed by atoms with Crippen molar-refractivity contribution in [2.24, 2.45) is 5.92 Å². The Morgan fingerprint density at radius 3 is 2.41 bits per heavy atom. The highest BCUT2D eigenvalue weighted by Crippen LogP contribution is 2.20. The highest BCUT2D eigenvalue weighted by atomic mass is 32.2. The smallest absolute Gasteiger partial charge is 0.282 e. The molecule has 0 aliphatic carbocycles. The first-order chi connectivity index (χ1) is 7.88. The van der Waals surface area contributed by atoms with Gasteiger partial charge in [-0.2, -0.15) is 8.42 Å². The van der Waals surface area contributed by atoms with Crippen molar-refractivity contribution < 1.29 is 13.0 Å². The van der Waals surface area contributed by atoms with Gasteiger partial charge in [0.1, 0.15) is 0 Å². The fourth-order valence-electron chi connectivity index (χ4n) is 1.80. The molecule has 0 saturated heterocycles. The van der Waals surface area contributed by atoms with Gasteiger partial charge >= 0.3 is 0 Å². The van der Waals surface area contributed by atoms with Crippen LogP contribution in [0, 0.1) is 5.92 Å². The maximum Gasteiger partial charge on any atom is 0.294 e. The van der Waals surface area contributed by atoms with Crippen LogP contribution in [0.25, 0.3) is 0 Å². The van der Waals surface area contributed by atoms with E-state index in [9.17, 15) is 13.0 Å². The molecule has 0 heterocycles. The first kappa shape index (κ1) is 14.2. The SMILES string of the molecule is CCc1ccc(CC(C)CC)cc1S(=O)(=O)O. The zero-order chi connectivity index (χ0) is 13.1. The largest absolute Gasteiger partial charge is 0.294 e. The third-order valence-corrected chi connectivity index (χ3v) is 4.01. The summed E-state index contributed by atoms with van der Waals surface area (Å²) in [6.07, 6.45) is 2.48. The Kier molecular flexibility index (Phi) is 4.71. The van der Waals surface area contributed by atoms with Crippen LogP contribution in [0.15, 0.2) is 23.1 Å². The molecular formula is C13H20O3S. The summed E-state index contributed by atoms with van der Waals surface area (Å²) in [7, 11) is -4.11. The van der Waals surface area contributed by atoms with Crippen LogP contribution >= 0.6 is 0 Å². The zero-order valence-corrected chi connectivity index (χ0v) is 11.4. The quantitative estimate of drug-likeness (QED) is 0.824. The molecule has 0 radical (unpaired) electrons. The zero-order valence-electron chi connectivity index (χ0n) is 10.6. The van der Waals surface area contributed by atoms with Gasteiger partial charge in [0.15, 0.2) is 0 Å². The van der Waals surface area contributed by atoms with E-state index >= 15 is 0 Å². The fraction of sp³-hybridized carbons (Fsp3) is 0.538. The summed E-state index contributed by atoms with van der Waals surface area (Å²) in [5.74, 6) is 0.511. The van der Waals surface area contributed by atoms with Crippen molar-refractivity contribution in [1.82, 2.24) is 0 Å². The average Bonchev–Trinajstić information content (AvgIpc) is 2.27. The van der Waals surface area contributed by atoms with Gasteiger partial charge in [-0.05, 0) is 36.0 Å². The monoisotopic (exact) mass is 256 g/mol. The molecule has 1 atom stereocenters. The normalized spacial score (nSPS) is 13.6. The third-order valence-electron chi connectivity index (χ3n) is 3.07. The van der Waals surface area contributed by atoms with Gasteiger partial charge in [-0.3, -0.25) is 4.55 Å². The van der Waals surface area contributed by atoms with E-state index in [2.05, 4.69) is 13.8 Å². The molecule has 1 aromatic carbocycles. The molecule has 1 aromatic rings. The van der Waals surface area contributed by atoms with Crippen LogP contribution in [0.4, 0.5) is 0 Å². The summed E-state index contributed by atoms with van der Waals surface area (Å²) in [5.41, 5.74) is 1.63. The summed E-state index contributed by atoms with van der Waals surface area (Å²) in [6, 6.07) is 5.33. The lowest BCUT2D eigenvalue weighted by atomic mass is 9.98. The van der Waals surface area contributed by atoms with E-state index in [1.807, 2.05) is 13.0 Å². The van der Waals surface area contributed by atoms with Gasteiger partial charge in [0.25, 0.3) is 10.1 Å². The molecule has 0 fully saturated rings. The van der Waals surface area contributed by atoms with Gasteiger partial charge in [0.05, 0.1) is 4.90 Å². The van der Waals surface area contributed by atoms with Crippen LogP contribution in [-0.4, -0.2) is 13.0 Å². The highest BCUT2D eigenvalue weighted by Gasteiger charge is 2.15. The van der Waals surface area contributed by atoms with E-state index in [4.69, 9.17) is 0 Å². The van der Waals surface area contributed by atoms with Gasteiger partial charge in [-0.1, -0.05) is 39.3 Å². The van der Waals surface area contributed by atoms with E-state index in [0.717, 1.165) is 18.4 Å². The molecule has 4 heteroatoms. The van der Waals surface area contributed by atoms with Crippen LogP contribution in [0.3, 0.4) is 0 Å². The molecule has 0 saturated carbocycles. The van der Waals surface area contributed by atoms with Gasteiger partial charge in [-0.15, -0.1) is 0 Å². The molecule has 96 valence electrons. The Hall–Kier alpha value is -0.870. The molecule has 3 nitrogen and oxygen atoms in total. The molecule has 1 N–H and O–H groups in total. The van der Waals surface area contributed by atoms with Crippen molar-refractivity contribution in [3.8, 4) is 0 Å². The summed E-state index contributed by atoms with van der Waals surface area (Å²) >= 11 is 0. The topological polar surface area (TPSA) is 54.4 Å². The van der Waals surface area contributed by atoms with Gasteiger partial charge < -0.3 is 0 Å². The van der Waals surface area contributed by atoms with Crippen molar-refractivity contribution >= 4 is 10.1 Å². The van der Waals surface area contributed by atoms with Gasteiger partial charge in [0.2, 0.25) is 0 Å². The molecule has 0 spiro atoms. The second kappa shape index (κ2) is 5.65. The van der Waals surface area contributed by atoms with Crippen LogP contribution < -0.4 is 0 Å². The number of hydrogen-bond acceptors (Lipinski definition) is 2. The summed E-state index contributed by atoms with van der Waals surface area (Å²) in [4.78, 5) is 0.0563. The van der Waals surface area contributed by atoms with E-state index in [-0.39, 0.29) is 4.90 Å². The first-order valence-corrected chi connectivity index (χ1v) is 7.41. The molecule has 1 unspecified atom stereocenters. The molecule has 1 rings (SSSR count). The minimum atomic E-state index is -4.11. The van der Waals surface area contributed by atoms with Crippen molar-refractivity contribution in [1.29, 1.82) is 0 Å². The van der Waals surface area contributed by atoms with E-state index in [1.165, 1.54) is 0 Å². The number of hydrogen-bond donors (Lipinski definition) is 1. The lowest BCUT2D eigenvalue weighted by Gasteiger charge is -2.11. The van der Waals surface area contributed by atoms with Crippen molar-refractivity contribution in [2.75, 3.05) is 0 Å². The lowest BCUT2D eigenvalue weighted by Crippen LogP contribution is -2.05. The number of benzene rings is 1. The predicted octanol–water partition coefficient (Wildman–Crippen LogP) is 3.08. The van der Waals surface area contributed by atoms with Crippen LogP contribution in [0.5, 0.6) is 0 Å². The minimum Gasteiger partial charge on any atom is -0.282 e. The maximum atomic E-state index is 11.3. The Bertz CT molecular complexity index is 477. The van der Waals surface area contributed by atoms with Gasteiger partial charge in [0, 0.05) is 0 Å². The Balaban J connectivity index is 3.14. The average molecular weight is 256 g/mol. The molecule has 0 bridgehead atoms. The van der Waals surface area contributed by atoms with E-state index in [0.29, 0.717) is 17.9 Å². The third kappa shape index (κ3) is 3.82. The molecule has 17 heavy (non-hydrogen) atoms. The summed E-state index contributed by atoms with van der Waals surface area (Å²) < 4.78 is 31.7. The minimum absolute atomic E-state index is 0.0563. The molecule has 0 aromatic heterocycles. The molecular weight excluding hydrogens is 236 g/mol. The molecule has 0 aliphatic heterocycles. The number of aryl methyl sites for hydroxylation is 1. The Morgan fingerprint density at radius 2 is 1.94 bits per heavy atom. The Labute approximate surface area is 104 Å². The standard InChI is InChI=1S/C13H20O3S/c1-4-10(3)8-11-6-7-12(5-2)13(9-11)17(14,15)16/h6-7,9-10H,4-5,8H2,1-3H3,(H,14,15,16). The molecule has 0 aliphatic rings. The second-order valence-electron chi connectivity index (χ2n) is 4.49. The van der Waals surface area contributed by atoms with Crippen molar-refractivity contribution in [2.45, 2.75) is 44.9 Å².